The topological polar surface area (TPSA) is 67.0 Å². The maximum atomic E-state index is 11.5. The van der Waals surface area contributed by atoms with E-state index in [2.05, 4.69) is 27.4 Å². The minimum atomic E-state index is -0.0828. The molecule has 5 heteroatoms. The van der Waals surface area contributed by atoms with Crippen molar-refractivity contribution >= 4 is 5.91 Å². The lowest BCUT2D eigenvalue weighted by molar-refractivity contribution is -0.122. The number of aromatic amines is 1. The molecule has 3 rings (SSSR count). The molecule has 1 amide bonds. The van der Waals surface area contributed by atoms with Crippen molar-refractivity contribution in [1.82, 2.24) is 15.3 Å². The van der Waals surface area contributed by atoms with Gasteiger partial charge < -0.3 is 15.0 Å². The second-order valence-electron chi connectivity index (χ2n) is 6.22. The van der Waals surface area contributed by atoms with Gasteiger partial charge in [0, 0.05) is 18.7 Å². The van der Waals surface area contributed by atoms with Crippen LogP contribution < -0.4 is 5.32 Å². The van der Waals surface area contributed by atoms with Crippen molar-refractivity contribution in [2.75, 3.05) is 0 Å². The zero-order valence-electron chi connectivity index (χ0n) is 13.6. The first-order valence-corrected chi connectivity index (χ1v) is 8.08. The average molecular weight is 313 g/mol. The summed E-state index contributed by atoms with van der Waals surface area (Å²) in [6.45, 7) is 3.57. The number of rotatable bonds is 4. The summed E-state index contributed by atoms with van der Waals surface area (Å²) in [5.41, 5.74) is 3.22. The molecule has 2 N–H and O–H groups in total. The Bertz CT molecular complexity index is 653. The van der Waals surface area contributed by atoms with Crippen LogP contribution in [0.3, 0.4) is 0 Å². The Labute approximate surface area is 136 Å². The number of carbonyl (C=O) groups is 1. The summed E-state index contributed by atoms with van der Waals surface area (Å²) in [7, 11) is 0. The molecule has 0 aliphatic carbocycles. The van der Waals surface area contributed by atoms with Crippen LogP contribution in [0.1, 0.15) is 42.8 Å². The van der Waals surface area contributed by atoms with E-state index in [-0.39, 0.29) is 24.2 Å². The Morgan fingerprint density at radius 2 is 2.13 bits per heavy atom. The number of nitrogens with zero attached hydrogens (tertiary/aromatic N) is 1. The highest BCUT2D eigenvalue weighted by atomic mass is 16.5. The van der Waals surface area contributed by atoms with Crippen LogP contribution in [0.5, 0.6) is 0 Å². The summed E-state index contributed by atoms with van der Waals surface area (Å²) < 4.78 is 6.29. The van der Waals surface area contributed by atoms with Crippen molar-refractivity contribution in [3.05, 3.63) is 53.6 Å². The van der Waals surface area contributed by atoms with Gasteiger partial charge in [0.15, 0.2) is 0 Å². The minimum absolute atomic E-state index is 0.00728. The predicted octanol–water partition coefficient (Wildman–Crippen LogP) is 2.69. The molecule has 1 aromatic heterocycles. The number of ether oxygens (including phenoxy) is 1. The van der Waals surface area contributed by atoms with Crippen LogP contribution in [0.15, 0.2) is 36.7 Å². The van der Waals surface area contributed by atoms with Gasteiger partial charge in [0.2, 0.25) is 5.91 Å². The van der Waals surface area contributed by atoms with Crippen LogP contribution in [-0.2, 0) is 16.0 Å². The molecule has 23 heavy (non-hydrogen) atoms. The van der Waals surface area contributed by atoms with Crippen LogP contribution in [-0.4, -0.2) is 28.0 Å². The van der Waals surface area contributed by atoms with Crippen LogP contribution in [0.25, 0.3) is 0 Å². The van der Waals surface area contributed by atoms with Crippen LogP contribution in [0.4, 0.5) is 0 Å². The number of aryl methyl sites for hydroxylation is 1. The molecule has 0 spiro atoms. The Hall–Kier alpha value is -2.14. The van der Waals surface area contributed by atoms with Gasteiger partial charge in [-0.3, -0.25) is 4.79 Å². The number of aromatic nitrogens is 2. The van der Waals surface area contributed by atoms with Gasteiger partial charge in [-0.2, -0.15) is 0 Å². The quantitative estimate of drug-likeness (QED) is 0.912. The average Bonchev–Trinajstić information content (AvgIpc) is 2.93. The van der Waals surface area contributed by atoms with Gasteiger partial charge in [-0.25, -0.2) is 4.98 Å². The number of nitrogens with one attached hydrogen (secondary N) is 2. The fourth-order valence-electron chi connectivity index (χ4n) is 3.30. The first-order chi connectivity index (χ1) is 11.1. The van der Waals surface area contributed by atoms with Gasteiger partial charge >= 0.3 is 0 Å². The van der Waals surface area contributed by atoms with E-state index in [9.17, 15) is 4.79 Å². The summed E-state index contributed by atoms with van der Waals surface area (Å²) >= 11 is 0. The number of benzene rings is 1. The number of H-pyrrole nitrogens is 1. The summed E-state index contributed by atoms with van der Waals surface area (Å²) in [5.74, 6) is 0.00728. The normalized spacial score (nSPS) is 24.3. The molecule has 0 radical (unpaired) electrons. The molecule has 1 fully saturated rings. The van der Waals surface area contributed by atoms with Crippen LogP contribution >= 0.6 is 0 Å². The molecule has 1 aliphatic rings. The number of amides is 1. The van der Waals surface area contributed by atoms with Gasteiger partial charge in [0.1, 0.15) is 6.10 Å². The predicted molar refractivity (Wildman–Crippen MR) is 87.9 cm³/mol. The van der Waals surface area contributed by atoms with E-state index in [1.807, 2.05) is 25.1 Å². The maximum absolute atomic E-state index is 11.5. The Kier molecular flexibility index (Phi) is 4.76. The van der Waals surface area contributed by atoms with Gasteiger partial charge in [0.25, 0.3) is 0 Å². The summed E-state index contributed by atoms with van der Waals surface area (Å²) in [5, 5.41) is 3.05. The monoisotopic (exact) mass is 313 g/mol. The van der Waals surface area contributed by atoms with E-state index in [4.69, 9.17) is 4.74 Å². The molecule has 0 unspecified atom stereocenters. The highest BCUT2D eigenvalue weighted by Crippen LogP contribution is 2.33. The fraction of sp³-hybridized carbons (Fsp3) is 0.444. The van der Waals surface area contributed by atoms with E-state index in [1.54, 1.807) is 13.3 Å². The van der Waals surface area contributed by atoms with Crippen molar-refractivity contribution in [2.45, 2.75) is 51.4 Å². The molecular formula is C18H23N3O2. The SMILES string of the molecule is CC(=O)N[C@@H]1C[C@H](Cc2ccccc2)O[C@H](c2nc[nH]c2C)C1. The zero-order chi connectivity index (χ0) is 16.2. The van der Waals surface area contributed by atoms with Crippen molar-refractivity contribution in [2.24, 2.45) is 0 Å². The number of hydrogen-bond donors (Lipinski definition) is 2. The first-order valence-electron chi connectivity index (χ1n) is 8.08. The number of imidazole rings is 1. The molecule has 2 heterocycles. The molecule has 0 saturated carbocycles. The fourth-order valence-corrected chi connectivity index (χ4v) is 3.30. The number of hydrogen-bond acceptors (Lipinski definition) is 3. The van der Waals surface area contributed by atoms with E-state index in [1.165, 1.54) is 5.56 Å². The van der Waals surface area contributed by atoms with Crippen LogP contribution in [0, 0.1) is 6.92 Å². The zero-order valence-corrected chi connectivity index (χ0v) is 13.6. The first kappa shape index (κ1) is 15.7. The largest absolute Gasteiger partial charge is 0.368 e. The summed E-state index contributed by atoms with van der Waals surface area (Å²) in [4.78, 5) is 19.0. The molecule has 5 nitrogen and oxygen atoms in total. The smallest absolute Gasteiger partial charge is 0.217 e. The van der Waals surface area contributed by atoms with Crippen molar-refractivity contribution in [3.63, 3.8) is 0 Å². The van der Waals surface area contributed by atoms with E-state index in [0.29, 0.717) is 0 Å². The highest BCUT2D eigenvalue weighted by molar-refractivity contribution is 5.73. The van der Waals surface area contributed by atoms with Gasteiger partial charge in [-0.05, 0) is 31.7 Å². The standard InChI is InChI=1S/C18H23N3O2/c1-12-18(20-11-19-12)17-10-15(21-13(2)22)9-16(23-17)8-14-6-4-3-5-7-14/h3-7,11,15-17H,8-10H2,1-2H3,(H,19,20)(H,21,22)/t15-,16+,17+/m1/s1. The van der Waals surface area contributed by atoms with E-state index < -0.39 is 0 Å². The third kappa shape index (κ3) is 3.99. The maximum Gasteiger partial charge on any atom is 0.217 e. The second kappa shape index (κ2) is 6.96. The Morgan fingerprint density at radius 1 is 1.35 bits per heavy atom. The molecule has 2 aromatic rings. The third-order valence-corrected chi connectivity index (χ3v) is 4.29. The molecule has 122 valence electrons. The van der Waals surface area contributed by atoms with E-state index in [0.717, 1.165) is 30.7 Å². The lowest BCUT2D eigenvalue weighted by Crippen LogP contribution is -2.43. The molecule has 1 aliphatic heterocycles. The van der Waals surface area contributed by atoms with Crippen molar-refractivity contribution in [1.29, 1.82) is 0 Å². The summed E-state index contributed by atoms with van der Waals surface area (Å²) in [6.07, 6.45) is 4.12. The van der Waals surface area contributed by atoms with Crippen molar-refractivity contribution in [3.8, 4) is 0 Å². The Morgan fingerprint density at radius 3 is 2.78 bits per heavy atom. The minimum Gasteiger partial charge on any atom is -0.368 e. The molecule has 1 aromatic carbocycles. The van der Waals surface area contributed by atoms with E-state index >= 15 is 0 Å². The second-order valence-corrected chi connectivity index (χ2v) is 6.22. The highest BCUT2D eigenvalue weighted by Gasteiger charge is 2.32. The van der Waals surface area contributed by atoms with Crippen molar-refractivity contribution < 1.29 is 9.53 Å². The molecule has 1 saturated heterocycles. The van der Waals surface area contributed by atoms with Gasteiger partial charge in [-0.15, -0.1) is 0 Å². The lowest BCUT2D eigenvalue weighted by atomic mass is 9.93. The number of carbonyl (C=O) groups excluding carboxylic acids is 1. The lowest BCUT2D eigenvalue weighted by Gasteiger charge is -2.35. The third-order valence-electron chi connectivity index (χ3n) is 4.29. The molecular weight excluding hydrogens is 290 g/mol. The molecule has 0 bridgehead atoms. The Balaban J connectivity index is 1.76. The molecule has 3 atom stereocenters. The van der Waals surface area contributed by atoms with Gasteiger partial charge in [-0.1, -0.05) is 30.3 Å². The van der Waals surface area contributed by atoms with Crippen LogP contribution in [0.2, 0.25) is 0 Å². The summed E-state index contributed by atoms with van der Waals surface area (Å²) in [6, 6.07) is 10.4. The van der Waals surface area contributed by atoms with Gasteiger partial charge in [0.05, 0.1) is 18.1 Å².